The maximum absolute atomic E-state index is 12.3. The zero-order valence-electron chi connectivity index (χ0n) is 15.4. The second-order valence-corrected chi connectivity index (χ2v) is 8.69. The van der Waals surface area contributed by atoms with E-state index in [2.05, 4.69) is 10.6 Å². The van der Waals surface area contributed by atoms with Crippen molar-refractivity contribution in [2.75, 3.05) is 20.3 Å². The molecule has 0 unspecified atom stereocenters. The van der Waals surface area contributed by atoms with Crippen LogP contribution in [-0.4, -0.2) is 31.8 Å². The highest BCUT2D eigenvalue weighted by Crippen LogP contribution is 2.55. The fraction of sp³-hybridized carbons (Fsp3) is 0.950. The lowest BCUT2D eigenvalue weighted by Gasteiger charge is -2.56. The number of ether oxygens (including phenoxy) is 1. The molecule has 2 N–H and O–H groups in total. The van der Waals surface area contributed by atoms with Gasteiger partial charge in [0.25, 0.3) is 0 Å². The van der Waals surface area contributed by atoms with Crippen LogP contribution in [0.3, 0.4) is 0 Å². The molecule has 0 aliphatic heterocycles. The van der Waals surface area contributed by atoms with Crippen LogP contribution >= 0.6 is 0 Å². The van der Waals surface area contributed by atoms with Crippen LogP contribution in [0.2, 0.25) is 0 Å². The summed E-state index contributed by atoms with van der Waals surface area (Å²) in [5, 5.41) is 6.48. The average molecular weight is 337 g/mol. The molecule has 4 rings (SSSR count). The van der Waals surface area contributed by atoms with Gasteiger partial charge < -0.3 is 15.4 Å². The molecule has 0 spiro atoms. The molecule has 0 aromatic heterocycles. The van der Waals surface area contributed by atoms with Crippen molar-refractivity contribution in [1.29, 1.82) is 0 Å². The van der Waals surface area contributed by atoms with Crippen LogP contribution in [0.15, 0.2) is 0 Å². The smallest absolute Gasteiger partial charge is 0.315 e. The van der Waals surface area contributed by atoms with E-state index in [4.69, 9.17) is 4.74 Å². The standard InChI is InChI=1S/C20H36N2O2/c1-24-9-7-5-3-2-4-6-8-21-19(23)22-20-13-16-10-17(14-20)12-18(11-16)15-20/h16-18H,2-15H2,1H3,(H2,21,22,23). The summed E-state index contributed by atoms with van der Waals surface area (Å²) in [4.78, 5) is 12.3. The van der Waals surface area contributed by atoms with E-state index in [1.807, 2.05) is 0 Å². The lowest BCUT2D eigenvalue weighted by atomic mass is 9.53. The Bertz CT molecular complexity index is 375. The van der Waals surface area contributed by atoms with Crippen molar-refractivity contribution >= 4 is 6.03 Å². The first-order valence-electron chi connectivity index (χ1n) is 10.2. The van der Waals surface area contributed by atoms with Gasteiger partial charge in [-0.05, 0) is 69.1 Å². The normalized spacial score (nSPS) is 33.6. The van der Waals surface area contributed by atoms with Crippen molar-refractivity contribution in [1.82, 2.24) is 10.6 Å². The van der Waals surface area contributed by atoms with E-state index in [9.17, 15) is 4.79 Å². The van der Waals surface area contributed by atoms with Crippen LogP contribution in [0, 0.1) is 17.8 Å². The van der Waals surface area contributed by atoms with Crippen molar-refractivity contribution < 1.29 is 9.53 Å². The topological polar surface area (TPSA) is 50.4 Å². The highest BCUT2D eigenvalue weighted by atomic mass is 16.5. The summed E-state index contributed by atoms with van der Waals surface area (Å²) in [6, 6.07) is 0.0806. The first-order valence-corrected chi connectivity index (χ1v) is 10.2. The van der Waals surface area contributed by atoms with E-state index in [-0.39, 0.29) is 11.6 Å². The van der Waals surface area contributed by atoms with Gasteiger partial charge >= 0.3 is 6.03 Å². The molecule has 0 radical (unpaired) electrons. The van der Waals surface area contributed by atoms with E-state index >= 15 is 0 Å². The van der Waals surface area contributed by atoms with Gasteiger partial charge in [0.1, 0.15) is 0 Å². The van der Waals surface area contributed by atoms with Crippen molar-refractivity contribution in [2.45, 2.75) is 82.6 Å². The molecule has 4 saturated carbocycles. The maximum atomic E-state index is 12.3. The molecule has 4 fully saturated rings. The zero-order chi connectivity index (χ0) is 16.8. The first kappa shape index (κ1) is 18.0. The molecule has 4 heteroatoms. The van der Waals surface area contributed by atoms with Crippen molar-refractivity contribution in [3.63, 3.8) is 0 Å². The number of urea groups is 1. The number of rotatable bonds is 10. The van der Waals surface area contributed by atoms with Crippen molar-refractivity contribution in [3.05, 3.63) is 0 Å². The summed E-state index contributed by atoms with van der Waals surface area (Å²) in [7, 11) is 1.76. The number of hydrogen-bond donors (Lipinski definition) is 2. The quantitative estimate of drug-likeness (QED) is 0.586. The fourth-order valence-corrected chi connectivity index (χ4v) is 5.83. The lowest BCUT2D eigenvalue weighted by molar-refractivity contribution is -0.0135. The fourth-order valence-electron chi connectivity index (χ4n) is 5.83. The van der Waals surface area contributed by atoms with Gasteiger partial charge in [-0.3, -0.25) is 0 Å². The third kappa shape index (κ3) is 4.87. The van der Waals surface area contributed by atoms with Crippen molar-refractivity contribution in [2.24, 2.45) is 17.8 Å². The molecule has 0 heterocycles. The molecule has 4 aliphatic rings. The number of carbonyl (C=O) groups excluding carboxylic acids is 1. The number of carbonyl (C=O) groups is 1. The van der Waals surface area contributed by atoms with E-state index in [1.54, 1.807) is 7.11 Å². The minimum Gasteiger partial charge on any atom is -0.385 e. The Balaban J connectivity index is 1.26. The van der Waals surface area contributed by atoms with Crippen LogP contribution in [-0.2, 0) is 4.74 Å². The minimum atomic E-state index is 0.0806. The molecule has 4 bridgehead atoms. The van der Waals surface area contributed by atoms with Crippen LogP contribution in [0.4, 0.5) is 4.79 Å². The number of unbranched alkanes of at least 4 members (excludes halogenated alkanes) is 5. The largest absolute Gasteiger partial charge is 0.385 e. The molecule has 4 nitrogen and oxygen atoms in total. The molecule has 0 saturated heterocycles. The Labute approximate surface area is 147 Å². The summed E-state index contributed by atoms with van der Waals surface area (Å²) in [5.74, 6) is 2.65. The van der Waals surface area contributed by atoms with E-state index < -0.39 is 0 Å². The molecule has 0 aromatic carbocycles. The number of nitrogens with one attached hydrogen (secondary N) is 2. The molecule has 2 amide bonds. The minimum absolute atomic E-state index is 0.0806. The number of hydrogen-bond acceptors (Lipinski definition) is 2. The lowest BCUT2D eigenvalue weighted by Crippen LogP contribution is -2.61. The highest BCUT2D eigenvalue weighted by molar-refractivity contribution is 5.74. The maximum Gasteiger partial charge on any atom is 0.315 e. The van der Waals surface area contributed by atoms with Gasteiger partial charge in [-0.1, -0.05) is 25.7 Å². The van der Waals surface area contributed by atoms with Crippen LogP contribution in [0.5, 0.6) is 0 Å². The Morgan fingerprint density at radius 3 is 2.04 bits per heavy atom. The predicted octanol–water partition coefficient (Wildman–Crippen LogP) is 4.24. The van der Waals surface area contributed by atoms with Gasteiger partial charge in [-0.15, -0.1) is 0 Å². The second kappa shape index (κ2) is 8.55. The summed E-state index contributed by atoms with van der Waals surface area (Å²) in [5.41, 5.74) is 0.139. The Hall–Kier alpha value is -0.770. The Morgan fingerprint density at radius 1 is 0.917 bits per heavy atom. The summed E-state index contributed by atoms with van der Waals surface area (Å²) < 4.78 is 5.06. The van der Waals surface area contributed by atoms with Gasteiger partial charge in [-0.25, -0.2) is 4.79 Å². The average Bonchev–Trinajstić information content (AvgIpc) is 2.51. The third-order valence-corrected chi connectivity index (χ3v) is 6.48. The first-order chi connectivity index (χ1) is 11.7. The van der Waals surface area contributed by atoms with E-state index in [1.165, 1.54) is 70.6 Å². The van der Waals surface area contributed by atoms with Crippen LogP contribution in [0.1, 0.15) is 77.0 Å². The molecule has 24 heavy (non-hydrogen) atoms. The molecule has 4 aliphatic carbocycles. The highest BCUT2D eigenvalue weighted by Gasteiger charge is 2.51. The predicted molar refractivity (Wildman–Crippen MR) is 97.0 cm³/mol. The number of amides is 2. The zero-order valence-corrected chi connectivity index (χ0v) is 15.4. The Morgan fingerprint density at radius 2 is 1.46 bits per heavy atom. The summed E-state index contributed by atoms with van der Waals surface area (Å²) in [6.07, 6.45) is 15.2. The van der Waals surface area contributed by atoms with E-state index in [0.717, 1.165) is 37.3 Å². The van der Waals surface area contributed by atoms with Crippen LogP contribution in [0.25, 0.3) is 0 Å². The second-order valence-electron chi connectivity index (χ2n) is 8.69. The van der Waals surface area contributed by atoms with Crippen LogP contribution < -0.4 is 10.6 Å². The molecule has 0 atom stereocenters. The molecule has 0 aromatic rings. The Kier molecular flexibility index (Phi) is 6.43. The van der Waals surface area contributed by atoms with Gasteiger partial charge in [0.15, 0.2) is 0 Å². The molecule has 138 valence electrons. The summed E-state index contributed by atoms with van der Waals surface area (Å²) in [6.45, 7) is 1.70. The van der Waals surface area contributed by atoms with Gasteiger partial charge in [0.05, 0.1) is 0 Å². The van der Waals surface area contributed by atoms with Gasteiger partial charge in [0.2, 0.25) is 0 Å². The monoisotopic (exact) mass is 336 g/mol. The summed E-state index contributed by atoms with van der Waals surface area (Å²) >= 11 is 0. The SMILES string of the molecule is COCCCCCCCCNC(=O)NC12CC3CC(CC(C3)C1)C2. The van der Waals surface area contributed by atoms with Gasteiger partial charge in [0, 0.05) is 25.8 Å². The number of methoxy groups -OCH3 is 1. The van der Waals surface area contributed by atoms with E-state index in [0.29, 0.717) is 0 Å². The van der Waals surface area contributed by atoms with Gasteiger partial charge in [-0.2, -0.15) is 0 Å². The van der Waals surface area contributed by atoms with Crippen molar-refractivity contribution in [3.8, 4) is 0 Å². The third-order valence-electron chi connectivity index (χ3n) is 6.48. The molecular formula is C20H36N2O2. The molecular weight excluding hydrogens is 300 g/mol.